The van der Waals surface area contributed by atoms with Crippen LogP contribution in [0, 0.1) is 6.92 Å². The molecule has 0 radical (unpaired) electrons. The number of ether oxygens (including phenoxy) is 2. The molecule has 0 aromatic carbocycles. The van der Waals surface area contributed by atoms with E-state index in [1.807, 2.05) is 25.1 Å². The van der Waals surface area contributed by atoms with Gasteiger partial charge >= 0.3 is 0 Å². The summed E-state index contributed by atoms with van der Waals surface area (Å²) in [6.45, 7) is 2.44. The fourth-order valence-corrected chi connectivity index (χ4v) is 1.31. The summed E-state index contributed by atoms with van der Waals surface area (Å²) in [7, 11) is 1.59. The lowest BCUT2D eigenvalue weighted by Gasteiger charge is -2.05. The van der Waals surface area contributed by atoms with Crippen molar-refractivity contribution in [2.24, 2.45) is 0 Å². The van der Waals surface area contributed by atoms with Gasteiger partial charge in [-0.25, -0.2) is 9.97 Å². The van der Waals surface area contributed by atoms with E-state index in [0.29, 0.717) is 18.4 Å². The zero-order valence-corrected chi connectivity index (χ0v) is 9.88. The second-order valence-electron chi connectivity index (χ2n) is 3.67. The molecule has 0 unspecified atom stereocenters. The van der Waals surface area contributed by atoms with Crippen LogP contribution in [0.3, 0.4) is 0 Å². The largest absolute Gasteiger partial charge is 0.481 e. The van der Waals surface area contributed by atoms with Gasteiger partial charge in [-0.05, 0) is 18.6 Å². The van der Waals surface area contributed by atoms with Gasteiger partial charge in [-0.2, -0.15) is 0 Å². The zero-order chi connectivity index (χ0) is 12.1. The zero-order valence-electron chi connectivity index (χ0n) is 9.88. The summed E-state index contributed by atoms with van der Waals surface area (Å²) in [5.74, 6) is 1.22. The maximum Gasteiger partial charge on any atom is 0.213 e. The van der Waals surface area contributed by atoms with E-state index in [2.05, 4.69) is 9.97 Å². The molecule has 2 heterocycles. The Kier molecular flexibility index (Phi) is 3.55. The molecule has 4 heteroatoms. The molecule has 0 saturated carbocycles. The number of rotatable bonds is 4. The maximum atomic E-state index is 5.53. The summed E-state index contributed by atoms with van der Waals surface area (Å²) in [6, 6.07) is 7.54. The second kappa shape index (κ2) is 5.30. The van der Waals surface area contributed by atoms with Gasteiger partial charge in [-0.1, -0.05) is 6.07 Å². The Morgan fingerprint density at radius 2 is 1.76 bits per heavy atom. The monoisotopic (exact) mass is 230 g/mol. The first-order valence-electron chi connectivity index (χ1n) is 5.32. The summed E-state index contributed by atoms with van der Waals surface area (Å²) in [5.41, 5.74) is 2.09. The molecule has 0 aliphatic rings. The molecule has 2 aromatic rings. The molecular formula is C13H14N2O2. The summed E-state index contributed by atoms with van der Waals surface area (Å²) in [6.07, 6.45) is 3.51. The highest BCUT2D eigenvalue weighted by Gasteiger charge is 1.98. The highest BCUT2D eigenvalue weighted by atomic mass is 16.5. The van der Waals surface area contributed by atoms with Crippen LogP contribution in [0.1, 0.15) is 11.1 Å². The van der Waals surface area contributed by atoms with Crippen molar-refractivity contribution in [1.82, 2.24) is 9.97 Å². The van der Waals surface area contributed by atoms with Crippen LogP contribution in [0.5, 0.6) is 11.8 Å². The summed E-state index contributed by atoms with van der Waals surface area (Å²) in [5, 5.41) is 0. The number of nitrogens with zero attached hydrogens (tertiary/aromatic N) is 2. The highest BCUT2D eigenvalue weighted by molar-refractivity contribution is 5.19. The number of methoxy groups -OCH3 is 1. The molecule has 0 fully saturated rings. The van der Waals surface area contributed by atoms with Crippen LogP contribution in [0.25, 0.3) is 0 Å². The molecule has 0 N–H and O–H groups in total. The van der Waals surface area contributed by atoms with E-state index in [1.54, 1.807) is 25.6 Å². The summed E-state index contributed by atoms with van der Waals surface area (Å²) >= 11 is 0. The van der Waals surface area contributed by atoms with Gasteiger partial charge in [0.1, 0.15) is 6.61 Å². The van der Waals surface area contributed by atoms with Crippen LogP contribution in [0.15, 0.2) is 36.7 Å². The Morgan fingerprint density at radius 3 is 2.35 bits per heavy atom. The summed E-state index contributed by atoms with van der Waals surface area (Å²) in [4.78, 5) is 8.26. The van der Waals surface area contributed by atoms with Crippen molar-refractivity contribution in [2.45, 2.75) is 13.5 Å². The molecule has 2 aromatic heterocycles. The third-order valence-electron chi connectivity index (χ3n) is 2.28. The molecule has 2 rings (SSSR count). The smallest absolute Gasteiger partial charge is 0.213 e. The standard InChI is InChI=1S/C13H14N2O2/c1-10-3-5-13(14-7-10)17-9-11-4-6-12(16-2)15-8-11/h3-8H,9H2,1-2H3. The second-order valence-corrected chi connectivity index (χ2v) is 3.67. The first-order valence-corrected chi connectivity index (χ1v) is 5.32. The van der Waals surface area contributed by atoms with Gasteiger partial charge in [0.05, 0.1) is 7.11 Å². The molecular weight excluding hydrogens is 216 g/mol. The lowest BCUT2D eigenvalue weighted by atomic mass is 10.3. The average molecular weight is 230 g/mol. The fraction of sp³-hybridized carbons (Fsp3) is 0.231. The minimum Gasteiger partial charge on any atom is -0.481 e. The van der Waals surface area contributed by atoms with Crippen molar-refractivity contribution in [3.05, 3.63) is 47.8 Å². The lowest BCUT2D eigenvalue weighted by molar-refractivity contribution is 0.293. The molecule has 0 aliphatic heterocycles. The van der Waals surface area contributed by atoms with Crippen molar-refractivity contribution in [3.63, 3.8) is 0 Å². The molecule has 0 bridgehead atoms. The molecule has 17 heavy (non-hydrogen) atoms. The Labute approximate surface area is 100 Å². The van der Waals surface area contributed by atoms with E-state index in [9.17, 15) is 0 Å². The van der Waals surface area contributed by atoms with Crippen molar-refractivity contribution in [2.75, 3.05) is 7.11 Å². The number of aryl methyl sites for hydroxylation is 1. The first-order chi connectivity index (χ1) is 8.28. The normalized spacial score (nSPS) is 10.0. The molecule has 0 atom stereocenters. The predicted molar refractivity (Wildman–Crippen MR) is 64.1 cm³/mol. The van der Waals surface area contributed by atoms with E-state index in [1.165, 1.54) is 0 Å². The lowest BCUT2D eigenvalue weighted by Crippen LogP contribution is -1.98. The fourth-order valence-electron chi connectivity index (χ4n) is 1.31. The minimum atomic E-state index is 0.451. The highest BCUT2D eigenvalue weighted by Crippen LogP contribution is 2.11. The van der Waals surface area contributed by atoms with Gasteiger partial charge in [0, 0.05) is 30.1 Å². The van der Waals surface area contributed by atoms with Gasteiger partial charge in [-0.15, -0.1) is 0 Å². The van der Waals surface area contributed by atoms with Crippen LogP contribution >= 0.6 is 0 Å². The van der Waals surface area contributed by atoms with Gasteiger partial charge in [-0.3, -0.25) is 0 Å². The van der Waals surface area contributed by atoms with Crippen molar-refractivity contribution in [1.29, 1.82) is 0 Å². The van der Waals surface area contributed by atoms with Crippen LogP contribution in [0.2, 0.25) is 0 Å². The molecule has 0 spiro atoms. The van der Waals surface area contributed by atoms with Crippen LogP contribution in [0.4, 0.5) is 0 Å². The van der Waals surface area contributed by atoms with E-state index in [4.69, 9.17) is 9.47 Å². The third kappa shape index (κ3) is 3.17. The first kappa shape index (κ1) is 11.4. The Morgan fingerprint density at radius 1 is 1.00 bits per heavy atom. The quantitative estimate of drug-likeness (QED) is 0.808. The molecule has 0 aliphatic carbocycles. The average Bonchev–Trinajstić information content (AvgIpc) is 2.39. The topological polar surface area (TPSA) is 44.2 Å². The molecule has 4 nitrogen and oxygen atoms in total. The number of pyridine rings is 2. The number of hydrogen-bond acceptors (Lipinski definition) is 4. The van der Waals surface area contributed by atoms with E-state index in [0.717, 1.165) is 11.1 Å². The van der Waals surface area contributed by atoms with E-state index < -0.39 is 0 Å². The van der Waals surface area contributed by atoms with E-state index in [-0.39, 0.29) is 0 Å². The van der Waals surface area contributed by atoms with Crippen LogP contribution in [-0.4, -0.2) is 17.1 Å². The van der Waals surface area contributed by atoms with Crippen molar-refractivity contribution in [3.8, 4) is 11.8 Å². The van der Waals surface area contributed by atoms with Crippen molar-refractivity contribution >= 4 is 0 Å². The molecule has 0 saturated heterocycles. The van der Waals surface area contributed by atoms with Gasteiger partial charge in [0.15, 0.2) is 0 Å². The molecule has 0 amide bonds. The van der Waals surface area contributed by atoms with Gasteiger partial charge in [0.2, 0.25) is 11.8 Å². The minimum absolute atomic E-state index is 0.451. The maximum absolute atomic E-state index is 5.53. The number of hydrogen-bond donors (Lipinski definition) is 0. The van der Waals surface area contributed by atoms with Gasteiger partial charge < -0.3 is 9.47 Å². The van der Waals surface area contributed by atoms with Crippen LogP contribution < -0.4 is 9.47 Å². The van der Waals surface area contributed by atoms with Crippen LogP contribution in [-0.2, 0) is 6.61 Å². The van der Waals surface area contributed by atoms with E-state index >= 15 is 0 Å². The summed E-state index contributed by atoms with van der Waals surface area (Å²) < 4.78 is 10.5. The predicted octanol–water partition coefficient (Wildman–Crippen LogP) is 2.37. The Bertz CT molecular complexity index is 466. The van der Waals surface area contributed by atoms with Gasteiger partial charge in [0.25, 0.3) is 0 Å². The van der Waals surface area contributed by atoms with Crippen molar-refractivity contribution < 1.29 is 9.47 Å². The third-order valence-corrected chi connectivity index (χ3v) is 2.28. The number of aromatic nitrogens is 2. The SMILES string of the molecule is COc1ccc(COc2ccc(C)cn2)cn1. The Balaban J connectivity index is 1.95. The molecule has 88 valence electrons. The Hall–Kier alpha value is -2.10.